The monoisotopic (exact) mass is 310 g/mol. The first-order valence-electron chi connectivity index (χ1n) is 6.80. The first-order chi connectivity index (χ1) is 8.61. The van der Waals surface area contributed by atoms with Crippen LogP contribution in [0, 0.1) is 12.8 Å². The number of nitrogens with one attached hydrogen (secondary N) is 1. The van der Waals surface area contributed by atoms with Gasteiger partial charge in [-0.3, -0.25) is 0 Å². The highest BCUT2D eigenvalue weighted by Gasteiger charge is 2.27. The van der Waals surface area contributed by atoms with Gasteiger partial charge in [-0.05, 0) is 68.8 Å². The molecule has 0 bridgehead atoms. The fraction of sp³-hybridized carbons (Fsp3) is 0.600. The van der Waals surface area contributed by atoms with Gasteiger partial charge in [-0.25, -0.2) is 0 Å². The van der Waals surface area contributed by atoms with Gasteiger partial charge >= 0.3 is 0 Å². The molecule has 2 nitrogen and oxygen atoms in total. The average Bonchev–Trinajstić information content (AvgIpc) is 2.37. The summed E-state index contributed by atoms with van der Waals surface area (Å²) in [7, 11) is 2.07. The third-order valence-electron chi connectivity index (χ3n) is 4.18. The molecule has 3 N–H and O–H groups in total. The lowest BCUT2D eigenvalue weighted by Gasteiger charge is -2.33. The van der Waals surface area contributed by atoms with Gasteiger partial charge in [-0.1, -0.05) is 22.0 Å². The molecule has 2 rings (SSSR count). The maximum absolute atomic E-state index is 6.00. The predicted molar refractivity (Wildman–Crippen MR) is 80.6 cm³/mol. The van der Waals surface area contributed by atoms with Gasteiger partial charge in [0.05, 0.1) is 0 Å². The van der Waals surface area contributed by atoms with Crippen LogP contribution in [0.3, 0.4) is 0 Å². The predicted octanol–water partition coefficient (Wildman–Crippen LogP) is 3.54. The fourth-order valence-electron chi connectivity index (χ4n) is 3.07. The molecule has 1 atom stereocenters. The summed E-state index contributed by atoms with van der Waals surface area (Å²) in [5.74, 6) is 0.711. The summed E-state index contributed by atoms with van der Waals surface area (Å²) in [6.07, 6.45) is 4.79. The molecule has 3 heteroatoms. The molecule has 1 aromatic carbocycles. The van der Waals surface area contributed by atoms with E-state index in [1.807, 2.05) is 0 Å². The van der Waals surface area contributed by atoms with Gasteiger partial charge in [-0.2, -0.15) is 0 Å². The van der Waals surface area contributed by atoms with Crippen molar-refractivity contribution in [2.45, 2.75) is 44.7 Å². The Morgan fingerprint density at radius 1 is 1.28 bits per heavy atom. The van der Waals surface area contributed by atoms with E-state index in [1.165, 1.54) is 24.0 Å². The summed E-state index contributed by atoms with van der Waals surface area (Å²) < 4.78 is 1.16. The summed E-state index contributed by atoms with van der Waals surface area (Å²) in [6, 6.07) is 7.43. The highest BCUT2D eigenvalue weighted by Crippen LogP contribution is 2.35. The summed E-state index contributed by atoms with van der Waals surface area (Å²) in [5.41, 5.74) is 8.79. The molecular weight excluding hydrogens is 288 g/mol. The molecule has 0 heterocycles. The Kier molecular flexibility index (Phi) is 4.82. The van der Waals surface area contributed by atoms with Crippen LogP contribution in [0.4, 0.5) is 0 Å². The van der Waals surface area contributed by atoms with Crippen LogP contribution in [0.25, 0.3) is 0 Å². The van der Waals surface area contributed by atoms with Crippen molar-refractivity contribution in [1.82, 2.24) is 5.32 Å². The summed E-state index contributed by atoms with van der Waals surface area (Å²) in [5, 5.41) is 3.51. The molecule has 0 aliphatic heterocycles. The van der Waals surface area contributed by atoms with Crippen molar-refractivity contribution in [3.8, 4) is 0 Å². The van der Waals surface area contributed by atoms with Gasteiger partial charge in [0.2, 0.25) is 0 Å². The van der Waals surface area contributed by atoms with E-state index in [0.29, 0.717) is 18.0 Å². The van der Waals surface area contributed by atoms with Crippen LogP contribution in [0.2, 0.25) is 0 Å². The van der Waals surface area contributed by atoms with E-state index in [9.17, 15) is 0 Å². The van der Waals surface area contributed by atoms with Crippen LogP contribution in [0.15, 0.2) is 22.7 Å². The van der Waals surface area contributed by atoms with Gasteiger partial charge in [0.15, 0.2) is 0 Å². The van der Waals surface area contributed by atoms with Gasteiger partial charge in [0.1, 0.15) is 0 Å². The number of aryl methyl sites for hydroxylation is 1. The van der Waals surface area contributed by atoms with Crippen molar-refractivity contribution in [2.24, 2.45) is 11.7 Å². The maximum atomic E-state index is 6.00. The molecule has 1 aliphatic carbocycles. The number of nitrogens with two attached hydrogens (primary N) is 1. The number of hydrogen-bond acceptors (Lipinski definition) is 2. The van der Waals surface area contributed by atoms with Crippen molar-refractivity contribution in [3.05, 3.63) is 33.8 Å². The molecule has 18 heavy (non-hydrogen) atoms. The molecule has 1 aliphatic rings. The molecule has 0 saturated heterocycles. The van der Waals surface area contributed by atoms with Crippen molar-refractivity contribution < 1.29 is 0 Å². The van der Waals surface area contributed by atoms with Crippen molar-refractivity contribution in [3.63, 3.8) is 0 Å². The molecule has 1 fully saturated rings. The molecule has 0 radical (unpaired) electrons. The quantitative estimate of drug-likeness (QED) is 0.896. The minimum absolute atomic E-state index is 0.419. The zero-order valence-electron chi connectivity index (χ0n) is 11.2. The lowest BCUT2D eigenvalue weighted by molar-refractivity contribution is 0.262. The van der Waals surface area contributed by atoms with Gasteiger partial charge in [-0.15, -0.1) is 0 Å². The Morgan fingerprint density at radius 3 is 2.56 bits per heavy atom. The summed E-state index contributed by atoms with van der Waals surface area (Å²) >= 11 is 3.58. The lowest BCUT2D eigenvalue weighted by atomic mass is 9.78. The SMILES string of the molecule is CNC(c1cc(Br)ccc1C)C1CCC(N)CC1. The summed E-state index contributed by atoms with van der Waals surface area (Å²) in [4.78, 5) is 0. The van der Waals surface area contributed by atoms with Crippen LogP contribution >= 0.6 is 15.9 Å². The average molecular weight is 311 g/mol. The third kappa shape index (κ3) is 3.14. The molecule has 0 aromatic heterocycles. The first-order valence-corrected chi connectivity index (χ1v) is 7.60. The van der Waals surface area contributed by atoms with Gasteiger partial charge in [0, 0.05) is 16.6 Å². The van der Waals surface area contributed by atoms with E-state index >= 15 is 0 Å². The van der Waals surface area contributed by atoms with Crippen molar-refractivity contribution in [1.29, 1.82) is 0 Å². The largest absolute Gasteiger partial charge is 0.328 e. The second-order valence-corrected chi connectivity index (χ2v) is 6.36. The smallest absolute Gasteiger partial charge is 0.0349 e. The minimum atomic E-state index is 0.419. The highest BCUT2D eigenvalue weighted by molar-refractivity contribution is 9.10. The fourth-order valence-corrected chi connectivity index (χ4v) is 3.45. The van der Waals surface area contributed by atoms with Crippen LogP contribution < -0.4 is 11.1 Å². The van der Waals surface area contributed by atoms with Crippen molar-refractivity contribution in [2.75, 3.05) is 7.05 Å². The number of hydrogen-bond donors (Lipinski definition) is 2. The molecular formula is C15H23BrN2. The Morgan fingerprint density at radius 2 is 1.94 bits per heavy atom. The standard InChI is InChI=1S/C15H23BrN2/c1-10-3-6-12(16)9-14(10)15(18-2)11-4-7-13(17)8-5-11/h3,6,9,11,13,15,18H,4-5,7-8,17H2,1-2H3. The zero-order chi connectivity index (χ0) is 13.1. The minimum Gasteiger partial charge on any atom is -0.328 e. The lowest BCUT2D eigenvalue weighted by Crippen LogP contribution is -2.33. The van der Waals surface area contributed by atoms with E-state index in [2.05, 4.69) is 53.4 Å². The van der Waals surface area contributed by atoms with Gasteiger partial charge < -0.3 is 11.1 Å². The second kappa shape index (κ2) is 6.18. The van der Waals surface area contributed by atoms with Crippen LogP contribution in [-0.2, 0) is 0 Å². The second-order valence-electron chi connectivity index (χ2n) is 5.44. The third-order valence-corrected chi connectivity index (χ3v) is 4.67. The van der Waals surface area contributed by atoms with E-state index in [4.69, 9.17) is 5.73 Å². The molecule has 1 aromatic rings. The topological polar surface area (TPSA) is 38.0 Å². The Hall–Kier alpha value is -0.380. The Bertz CT molecular complexity index is 397. The van der Waals surface area contributed by atoms with Crippen LogP contribution in [-0.4, -0.2) is 13.1 Å². The highest BCUT2D eigenvalue weighted by atomic mass is 79.9. The number of benzene rings is 1. The normalized spacial score (nSPS) is 26.0. The maximum Gasteiger partial charge on any atom is 0.0349 e. The molecule has 100 valence electrons. The van der Waals surface area contributed by atoms with E-state index < -0.39 is 0 Å². The molecule has 0 spiro atoms. The van der Waals surface area contributed by atoms with E-state index in [0.717, 1.165) is 17.3 Å². The number of halogens is 1. The van der Waals surface area contributed by atoms with Crippen LogP contribution in [0.1, 0.15) is 42.9 Å². The zero-order valence-corrected chi connectivity index (χ0v) is 12.8. The summed E-state index contributed by atoms with van der Waals surface area (Å²) in [6.45, 7) is 2.20. The van der Waals surface area contributed by atoms with E-state index in [-0.39, 0.29) is 0 Å². The Labute approximate surface area is 118 Å². The van der Waals surface area contributed by atoms with E-state index in [1.54, 1.807) is 0 Å². The molecule has 1 saturated carbocycles. The Balaban J connectivity index is 2.19. The van der Waals surface area contributed by atoms with Gasteiger partial charge in [0.25, 0.3) is 0 Å². The molecule has 1 unspecified atom stereocenters. The number of rotatable bonds is 3. The van der Waals surface area contributed by atoms with Crippen molar-refractivity contribution >= 4 is 15.9 Å². The molecule has 0 amide bonds. The van der Waals surface area contributed by atoms with Crippen LogP contribution in [0.5, 0.6) is 0 Å². The first kappa shape index (κ1) is 14.0.